The van der Waals surface area contributed by atoms with Crippen LogP contribution in [0.2, 0.25) is 5.02 Å². The van der Waals surface area contributed by atoms with Crippen molar-refractivity contribution in [2.75, 3.05) is 18.1 Å². The molecule has 3 N–H and O–H groups in total. The third-order valence-corrected chi connectivity index (χ3v) is 6.14. The van der Waals surface area contributed by atoms with Crippen molar-refractivity contribution in [2.45, 2.75) is 18.0 Å². The molecule has 6 nitrogen and oxygen atoms in total. The second kappa shape index (κ2) is 9.85. The molecule has 0 aliphatic rings. The lowest BCUT2D eigenvalue weighted by atomic mass is 10.0. The van der Waals surface area contributed by atoms with E-state index in [0.717, 1.165) is 17.5 Å². The largest absolute Gasteiger partial charge is 0.355 e. The molecule has 3 aromatic carbocycles. The van der Waals surface area contributed by atoms with E-state index < -0.39 is 0 Å². The number of amides is 1. The van der Waals surface area contributed by atoms with Gasteiger partial charge in [0.15, 0.2) is 5.82 Å². The summed E-state index contributed by atoms with van der Waals surface area (Å²) in [6.45, 7) is 0.558. The van der Waals surface area contributed by atoms with E-state index in [2.05, 4.69) is 39.8 Å². The number of nitrogens with one attached hydrogen (secondary N) is 1. The number of benzene rings is 3. The number of nitrogen functional groups attached to an aromatic ring is 1. The molecule has 0 bridgehead atoms. The zero-order valence-electron chi connectivity index (χ0n) is 16.8. The predicted molar refractivity (Wildman–Crippen MR) is 126 cm³/mol. The highest BCUT2D eigenvalue weighted by Gasteiger charge is 2.13. The average Bonchev–Trinajstić information content (AvgIpc) is 3.13. The zero-order chi connectivity index (χ0) is 21.6. The summed E-state index contributed by atoms with van der Waals surface area (Å²) in [5.74, 6) is 7.01. The maximum atomic E-state index is 12.2. The number of nitrogens with zero attached hydrogens (tertiary/aromatic N) is 3. The van der Waals surface area contributed by atoms with Crippen LogP contribution in [0, 0.1) is 0 Å². The van der Waals surface area contributed by atoms with Gasteiger partial charge in [0.1, 0.15) is 0 Å². The third-order valence-electron chi connectivity index (χ3n) is 4.95. The Balaban J connectivity index is 1.31. The van der Waals surface area contributed by atoms with Crippen molar-refractivity contribution < 1.29 is 4.79 Å². The van der Waals surface area contributed by atoms with E-state index in [1.807, 2.05) is 42.5 Å². The number of nitrogens with two attached hydrogens (primary N) is 1. The molecule has 1 aromatic heterocycles. The molecule has 0 spiro atoms. The van der Waals surface area contributed by atoms with E-state index in [9.17, 15) is 4.79 Å². The Morgan fingerprint density at radius 1 is 1.03 bits per heavy atom. The molecule has 0 saturated carbocycles. The summed E-state index contributed by atoms with van der Waals surface area (Å²) in [6.07, 6.45) is 1.31. The van der Waals surface area contributed by atoms with E-state index in [1.165, 1.54) is 27.2 Å². The Bertz CT molecular complexity index is 1190. The van der Waals surface area contributed by atoms with E-state index >= 15 is 0 Å². The number of carbonyl (C=O) groups is 1. The smallest absolute Gasteiger partial charge is 0.230 e. The van der Waals surface area contributed by atoms with E-state index in [-0.39, 0.29) is 11.7 Å². The number of aromatic nitrogens is 3. The number of hydrogen-bond donors (Lipinski definition) is 2. The Morgan fingerprint density at radius 2 is 1.81 bits per heavy atom. The highest BCUT2D eigenvalue weighted by molar-refractivity contribution is 7.99. The SMILES string of the molecule is Nn1c(Cc2cccc3ccccc23)nnc1SCC(=O)NCCc1ccc(Cl)cc1. The van der Waals surface area contributed by atoms with Gasteiger partial charge >= 0.3 is 0 Å². The molecule has 158 valence electrons. The second-order valence-electron chi connectivity index (χ2n) is 7.10. The number of thioether (sulfide) groups is 1. The van der Waals surface area contributed by atoms with Gasteiger partial charge in [0, 0.05) is 18.0 Å². The number of rotatable bonds is 8. The van der Waals surface area contributed by atoms with Gasteiger partial charge in [-0.3, -0.25) is 4.79 Å². The zero-order valence-corrected chi connectivity index (χ0v) is 18.4. The topological polar surface area (TPSA) is 85.8 Å². The van der Waals surface area contributed by atoms with Crippen molar-refractivity contribution in [1.82, 2.24) is 20.2 Å². The van der Waals surface area contributed by atoms with Crippen LogP contribution in [0.1, 0.15) is 17.0 Å². The Kier molecular flexibility index (Phi) is 6.74. The fraction of sp³-hybridized carbons (Fsp3) is 0.174. The minimum Gasteiger partial charge on any atom is -0.355 e. The Hall–Kier alpha value is -3.03. The maximum Gasteiger partial charge on any atom is 0.230 e. The molecule has 0 atom stereocenters. The Labute approximate surface area is 189 Å². The van der Waals surface area contributed by atoms with Gasteiger partial charge in [-0.05, 0) is 40.5 Å². The van der Waals surface area contributed by atoms with E-state index in [0.29, 0.717) is 29.0 Å². The van der Waals surface area contributed by atoms with Crippen LogP contribution in [0.5, 0.6) is 0 Å². The first-order chi connectivity index (χ1) is 15.1. The normalized spacial score (nSPS) is 11.0. The molecule has 0 aliphatic carbocycles. The summed E-state index contributed by atoms with van der Waals surface area (Å²) in [6, 6.07) is 22.0. The van der Waals surface area contributed by atoms with Crippen LogP contribution >= 0.6 is 23.4 Å². The molecule has 0 saturated heterocycles. The lowest BCUT2D eigenvalue weighted by Crippen LogP contribution is -2.27. The molecule has 0 aliphatic heterocycles. The van der Waals surface area contributed by atoms with E-state index in [4.69, 9.17) is 17.4 Å². The lowest BCUT2D eigenvalue weighted by molar-refractivity contribution is -0.118. The van der Waals surface area contributed by atoms with Gasteiger partial charge in [0.2, 0.25) is 11.1 Å². The van der Waals surface area contributed by atoms with Crippen LogP contribution in [0.25, 0.3) is 10.8 Å². The monoisotopic (exact) mass is 451 g/mol. The lowest BCUT2D eigenvalue weighted by Gasteiger charge is -2.07. The fourth-order valence-electron chi connectivity index (χ4n) is 3.32. The quantitative estimate of drug-likeness (QED) is 0.314. The summed E-state index contributed by atoms with van der Waals surface area (Å²) in [4.78, 5) is 12.2. The summed E-state index contributed by atoms with van der Waals surface area (Å²) in [5, 5.41) is 14.9. The first-order valence-corrected chi connectivity index (χ1v) is 11.3. The molecule has 8 heteroatoms. The van der Waals surface area contributed by atoms with Gasteiger partial charge in [-0.15, -0.1) is 10.2 Å². The van der Waals surface area contributed by atoms with Crippen LogP contribution in [0.4, 0.5) is 0 Å². The maximum absolute atomic E-state index is 12.2. The molecular formula is C23H22ClN5OS. The van der Waals surface area contributed by atoms with Gasteiger partial charge in [0.05, 0.1) is 5.75 Å². The van der Waals surface area contributed by atoms with Crippen LogP contribution in [0.15, 0.2) is 71.9 Å². The molecule has 0 radical (unpaired) electrons. The Morgan fingerprint density at radius 3 is 2.65 bits per heavy atom. The minimum absolute atomic E-state index is 0.0717. The van der Waals surface area contributed by atoms with Crippen molar-refractivity contribution >= 4 is 40.0 Å². The van der Waals surface area contributed by atoms with Crippen molar-refractivity contribution in [2.24, 2.45) is 0 Å². The third kappa shape index (κ3) is 5.37. The van der Waals surface area contributed by atoms with Crippen molar-refractivity contribution in [1.29, 1.82) is 0 Å². The van der Waals surface area contributed by atoms with Gasteiger partial charge < -0.3 is 11.2 Å². The molecular weight excluding hydrogens is 430 g/mol. The molecule has 4 rings (SSSR count). The molecule has 4 aromatic rings. The van der Waals surface area contributed by atoms with Crippen molar-refractivity contribution in [3.63, 3.8) is 0 Å². The number of hydrogen-bond acceptors (Lipinski definition) is 5. The van der Waals surface area contributed by atoms with E-state index in [1.54, 1.807) is 0 Å². The fourth-order valence-corrected chi connectivity index (χ4v) is 4.15. The molecule has 0 fully saturated rings. The van der Waals surface area contributed by atoms with Crippen LogP contribution in [0.3, 0.4) is 0 Å². The number of fused-ring (bicyclic) bond motifs is 1. The molecule has 1 heterocycles. The average molecular weight is 452 g/mol. The summed E-state index contributed by atoms with van der Waals surface area (Å²) >= 11 is 7.16. The highest BCUT2D eigenvalue weighted by atomic mass is 35.5. The first-order valence-electron chi connectivity index (χ1n) is 9.90. The second-order valence-corrected chi connectivity index (χ2v) is 8.48. The summed E-state index contributed by atoms with van der Waals surface area (Å²) < 4.78 is 1.47. The standard InChI is InChI=1S/C23H22ClN5OS/c24-19-10-8-16(9-11-19)12-13-26-22(30)15-31-23-28-27-21(29(23)25)14-18-6-3-5-17-4-1-2-7-20(17)18/h1-11H,12-15,25H2,(H,26,30). The number of carbonyl (C=O) groups excluding carboxylic acids is 1. The minimum atomic E-state index is -0.0717. The van der Waals surface area contributed by atoms with Gasteiger partial charge in [0.25, 0.3) is 0 Å². The van der Waals surface area contributed by atoms with Gasteiger partial charge in [-0.1, -0.05) is 78.0 Å². The predicted octanol–water partition coefficient (Wildman–Crippen LogP) is 3.84. The van der Waals surface area contributed by atoms with Gasteiger partial charge in [-0.2, -0.15) is 0 Å². The summed E-state index contributed by atoms with van der Waals surface area (Å²) in [5.41, 5.74) is 2.26. The van der Waals surface area contributed by atoms with Crippen molar-refractivity contribution in [3.8, 4) is 0 Å². The first kappa shape index (κ1) is 21.2. The van der Waals surface area contributed by atoms with Crippen LogP contribution < -0.4 is 11.2 Å². The van der Waals surface area contributed by atoms with Crippen molar-refractivity contribution in [3.05, 3.63) is 88.7 Å². The summed E-state index contributed by atoms with van der Waals surface area (Å²) in [7, 11) is 0. The number of halogens is 1. The van der Waals surface area contributed by atoms with Crippen LogP contribution in [-0.2, 0) is 17.6 Å². The highest BCUT2D eigenvalue weighted by Crippen LogP contribution is 2.22. The molecule has 0 unspecified atom stereocenters. The van der Waals surface area contributed by atoms with Crippen LogP contribution in [-0.4, -0.2) is 33.1 Å². The van der Waals surface area contributed by atoms with Gasteiger partial charge in [-0.25, -0.2) is 4.68 Å². The molecule has 1 amide bonds. The molecule has 31 heavy (non-hydrogen) atoms.